The summed E-state index contributed by atoms with van der Waals surface area (Å²) in [6, 6.07) is 11.3. The molecule has 0 aliphatic carbocycles. The van der Waals surface area contributed by atoms with Gasteiger partial charge >= 0.3 is 0 Å². The van der Waals surface area contributed by atoms with Gasteiger partial charge in [0.2, 0.25) is 0 Å². The van der Waals surface area contributed by atoms with Gasteiger partial charge in [0.1, 0.15) is 5.75 Å². The van der Waals surface area contributed by atoms with Crippen LogP contribution in [0.25, 0.3) is 10.8 Å². The summed E-state index contributed by atoms with van der Waals surface area (Å²) in [5.41, 5.74) is 6.80. The molecule has 0 radical (unpaired) electrons. The molecule has 0 aliphatic rings. The fourth-order valence-electron chi connectivity index (χ4n) is 1.89. The number of nitrogens with two attached hydrogens (primary N) is 1. The molecule has 1 unspecified atom stereocenters. The van der Waals surface area contributed by atoms with Crippen molar-refractivity contribution in [3.05, 3.63) is 42.0 Å². The average molecular weight is 217 g/mol. The molecule has 16 heavy (non-hydrogen) atoms. The summed E-state index contributed by atoms with van der Waals surface area (Å²) in [5, 5.41) is 11.2. The maximum Gasteiger partial charge on any atom is 0.126 e. The minimum atomic E-state index is -0.351. The van der Waals surface area contributed by atoms with Crippen LogP contribution in [-0.2, 0) is 0 Å². The zero-order valence-corrected chi connectivity index (χ0v) is 9.18. The largest absolute Gasteiger partial charge is 0.496 e. The number of benzene rings is 2. The van der Waals surface area contributed by atoms with Gasteiger partial charge in [0.15, 0.2) is 0 Å². The predicted molar refractivity (Wildman–Crippen MR) is 64.5 cm³/mol. The van der Waals surface area contributed by atoms with Crippen LogP contribution in [0, 0.1) is 0 Å². The maximum absolute atomic E-state index is 9.12. The number of hydrogen-bond donors (Lipinski definition) is 2. The van der Waals surface area contributed by atoms with Gasteiger partial charge in [-0.3, -0.25) is 0 Å². The van der Waals surface area contributed by atoms with E-state index in [1.807, 2.05) is 36.4 Å². The molecule has 2 rings (SSSR count). The number of aliphatic hydroxyl groups excluding tert-OH is 1. The molecule has 0 saturated carbocycles. The Kier molecular flexibility index (Phi) is 3.08. The highest BCUT2D eigenvalue weighted by Gasteiger charge is 2.10. The second kappa shape index (κ2) is 4.51. The van der Waals surface area contributed by atoms with Crippen LogP contribution in [0.1, 0.15) is 11.6 Å². The van der Waals surface area contributed by atoms with E-state index in [1.165, 1.54) is 0 Å². The fourth-order valence-corrected chi connectivity index (χ4v) is 1.89. The molecule has 2 aromatic rings. The van der Waals surface area contributed by atoms with Crippen molar-refractivity contribution in [3.8, 4) is 5.75 Å². The van der Waals surface area contributed by atoms with E-state index in [4.69, 9.17) is 15.6 Å². The molecule has 84 valence electrons. The Labute approximate surface area is 94.5 Å². The molecule has 3 nitrogen and oxygen atoms in total. The Balaban J connectivity index is 2.69. The van der Waals surface area contributed by atoms with E-state index in [0.29, 0.717) is 0 Å². The van der Waals surface area contributed by atoms with Gasteiger partial charge in [0.05, 0.1) is 19.8 Å². The summed E-state index contributed by atoms with van der Waals surface area (Å²) >= 11 is 0. The summed E-state index contributed by atoms with van der Waals surface area (Å²) in [5.74, 6) is 0.824. The Bertz CT molecular complexity index is 496. The third-order valence-corrected chi connectivity index (χ3v) is 2.73. The first-order chi connectivity index (χ1) is 7.77. The second-order valence-corrected chi connectivity index (χ2v) is 3.69. The number of hydrogen-bond acceptors (Lipinski definition) is 3. The molecule has 2 aromatic carbocycles. The van der Waals surface area contributed by atoms with Crippen molar-refractivity contribution >= 4 is 10.8 Å². The topological polar surface area (TPSA) is 55.5 Å². The first kappa shape index (κ1) is 10.9. The van der Waals surface area contributed by atoms with E-state index in [0.717, 1.165) is 22.1 Å². The highest BCUT2D eigenvalue weighted by atomic mass is 16.5. The molecule has 0 saturated heterocycles. The minimum Gasteiger partial charge on any atom is -0.496 e. The van der Waals surface area contributed by atoms with E-state index < -0.39 is 0 Å². The normalized spacial score (nSPS) is 12.7. The lowest BCUT2D eigenvalue weighted by atomic mass is 9.99. The molecule has 0 heterocycles. The molecular formula is C13H15NO2. The Morgan fingerprint density at radius 2 is 1.88 bits per heavy atom. The number of methoxy groups -OCH3 is 1. The van der Waals surface area contributed by atoms with Gasteiger partial charge in [-0.2, -0.15) is 0 Å². The molecule has 0 amide bonds. The highest BCUT2D eigenvalue weighted by molar-refractivity contribution is 5.91. The van der Waals surface area contributed by atoms with Gasteiger partial charge < -0.3 is 15.6 Å². The van der Waals surface area contributed by atoms with Crippen LogP contribution in [0.2, 0.25) is 0 Å². The van der Waals surface area contributed by atoms with E-state index in [1.54, 1.807) is 7.11 Å². The van der Waals surface area contributed by atoms with Crippen LogP contribution in [0.3, 0.4) is 0 Å². The monoisotopic (exact) mass is 217 g/mol. The van der Waals surface area contributed by atoms with Crippen LogP contribution >= 0.6 is 0 Å². The Morgan fingerprint density at radius 1 is 1.19 bits per heavy atom. The Morgan fingerprint density at radius 3 is 2.50 bits per heavy atom. The standard InChI is InChI=1S/C13H15NO2/c1-16-13-7-6-10(12(14)8-15)9-4-2-3-5-11(9)13/h2-7,12,15H,8,14H2,1H3. The van der Waals surface area contributed by atoms with Crippen molar-refractivity contribution in [1.29, 1.82) is 0 Å². The van der Waals surface area contributed by atoms with Gasteiger partial charge in [-0.05, 0) is 17.0 Å². The number of rotatable bonds is 3. The van der Waals surface area contributed by atoms with Gasteiger partial charge in [-0.25, -0.2) is 0 Å². The maximum atomic E-state index is 9.12. The molecule has 0 fully saturated rings. The van der Waals surface area contributed by atoms with Crippen LogP contribution in [0.5, 0.6) is 5.75 Å². The van der Waals surface area contributed by atoms with Crippen molar-refractivity contribution < 1.29 is 9.84 Å². The predicted octanol–water partition coefficient (Wildman–Crippen LogP) is 1.84. The van der Waals surface area contributed by atoms with Gasteiger partial charge in [0.25, 0.3) is 0 Å². The molecule has 0 bridgehead atoms. The molecule has 0 spiro atoms. The molecule has 0 aromatic heterocycles. The van der Waals surface area contributed by atoms with Crippen molar-refractivity contribution in [2.24, 2.45) is 5.73 Å². The fraction of sp³-hybridized carbons (Fsp3) is 0.231. The van der Waals surface area contributed by atoms with Gasteiger partial charge in [0, 0.05) is 5.39 Å². The van der Waals surface area contributed by atoms with Crippen molar-refractivity contribution in [2.45, 2.75) is 6.04 Å². The van der Waals surface area contributed by atoms with Crippen LogP contribution in [-0.4, -0.2) is 18.8 Å². The third-order valence-electron chi connectivity index (χ3n) is 2.73. The van der Waals surface area contributed by atoms with Crippen molar-refractivity contribution in [3.63, 3.8) is 0 Å². The average Bonchev–Trinajstić information content (AvgIpc) is 2.36. The van der Waals surface area contributed by atoms with Crippen molar-refractivity contribution in [1.82, 2.24) is 0 Å². The molecular weight excluding hydrogens is 202 g/mol. The summed E-state index contributed by atoms with van der Waals surface area (Å²) in [6.07, 6.45) is 0. The summed E-state index contributed by atoms with van der Waals surface area (Å²) < 4.78 is 5.29. The number of ether oxygens (including phenoxy) is 1. The van der Waals surface area contributed by atoms with Gasteiger partial charge in [-0.15, -0.1) is 0 Å². The van der Waals surface area contributed by atoms with Gasteiger partial charge in [-0.1, -0.05) is 30.3 Å². The van der Waals surface area contributed by atoms with E-state index in [2.05, 4.69) is 0 Å². The second-order valence-electron chi connectivity index (χ2n) is 3.69. The summed E-state index contributed by atoms with van der Waals surface area (Å²) in [6.45, 7) is -0.0592. The summed E-state index contributed by atoms with van der Waals surface area (Å²) in [7, 11) is 1.65. The quantitative estimate of drug-likeness (QED) is 0.824. The van der Waals surface area contributed by atoms with Crippen LogP contribution < -0.4 is 10.5 Å². The zero-order valence-electron chi connectivity index (χ0n) is 9.18. The van der Waals surface area contributed by atoms with Crippen LogP contribution in [0.15, 0.2) is 36.4 Å². The lowest BCUT2D eigenvalue weighted by molar-refractivity contribution is 0.268. The Hall–Kier alpha value is -1.58. The zero-order chi connectivity index (χ0) is 11.5. The smallest absolute Gasteiger partial charge is 0.126 e. The van der Waals surface area contributed by atoms with Crippen LogP contribution in [0.4, 0.5) is 0 Å². The molecule has 3 heteroatoms. The SMILES string of the molecule is COc1ccc(C(N)CO)c2ccccc12. The first-order valence-corrected chi connectivity index (χ1v) is 5.20. The van der Waals surface area contributed by atoms with Crippen molar-refractivity contribution in [2.75, 3.05) is 13.7 Å². The molecule has 1 atom stereocenters. The first-order valence-electron chi connectivity index (χ1n) is 5.20. The number of fused-ring (bicyclic) bond motifs is 1. The highest BCUT2D eigenvalue weighted by Crippen LogP contribution is 2.30. The minimum absolute atomic E-state index is 0.0592. The lowest BCUT2D eigenvalue weighted by Gasteiger charge is -2.14. The summed E-state index contributed by atoms with van der Waals surface area (Å²) in [4.78, 5) is 0. The lowest BCUT2D eigenvalue weighted by Crippen LogP contribution is -2.14. The van der Waals surface area contributed by atoms with E-state index in [-0.39, 0.29) is 12.6 Å². The van der Waals surface area contributed by atoms with E-state index in [9.17, 15) is 0 Å². The number of aliphatic hydroxyl groups is 1. The third kappa shape index (κ3) is 1.75. The molecule has 3 N–H and O–H groups in total. The molecule has 0 aliphatic heterocycles. The van der Waals surface area contributed by atoms with E-state index >= 15 is 0 Å².